The lowest BCUT2D eigenvalue weighted by atomic mass is 10.0. The third-order valence-electron chi connectivity index (χ3n) is 4.47. The first-order chi connectivity index (χ1) is 14.6. The Morgan fingerprint density at radius 2 is 1.84 bits per heavy atom. The Morgan fingerprint density at radius 3 is 2.39 bits per heavy atom. The molecule has 5 unspecified atom stereocenters. The summed E-state index contributed by atoms with van der Waals surface area (Å²) in [6.45, 7) is 4.04. The number of carbonyl (C=O) groups excluding carboxylic acids is 2. The second-order valence-electron chi connectivity index (χ2n) is 7.47. The van der Waals surface area contributed by atoms with Gasteiger partial charge in [0.05, 0.1) is 6.42 Å². The van der Waals surface area contributed by atoms with E-state index >= 15 is 0 Å². The molecule has 1 saturated heterocycles. The number of primary amides is 1. The van der Waals surface area contributed by atoms with E-state index < -0.39 is 48.4 Å². The fraction of sp³-hybridized carbons (Fsp3) is 0.550. The molecular formula is C20H28N2O9. The highest BCUT2D eigenvalue weighted by Crippen LogP contribution is 2.21. The maximum absolute atomic E-state index is 12.0. The van der Waals surface area contributed by atoms with E-state index in [4.69, 9.17) is 25.1 Å². The average Bonchev–Trinajstić information content (AvgIpc) is 2.70. The van der Waals surface area contributed by atoms with E-state index in [1.807, 2.05) is 13.8 Å². The Balaban J connectivity index is 2.04. The number of benzene rings is 1. The van der Waals surface area contributed by atoms with E-state index in [0.29, 0.717) is 5.75 Å². The number of hydrogen-bond donors (Lipinski definition) is 5. The molecule has 0 saturated carbocycles. The van der Waals surface area contributed by atoms with Gasteiger partial charge in [-0.3, -0.25) is 9.59 Å². The quantitative estimate of drug-likeness (QED) is 0.274. The summed E-state index contributed by atoms with van der Waals surface area (Å²) in [5.74, 6) is -2.62. The summed E-state index contributed by atoms with van der Waals surface area (Å²) < 4.78 is 16.4. The van der Waals surface area contributed by atoms with Crippen LogP contribution in [0, 0.1) is 0 Å². The van der Waals surface area contributed by atoms with Gasteiger partial charge in [0.15, 0.2) is 30.4 Å². The first kappa shape index (κ1) is 24.7. The van der Waals surface area contributed by atoms with Crippen molar-refractivity contribution in [2.45, 2.75) is 57.0 Å². The van der Waals surface area contributed by atoms with Gasteiger partial charge in [-0.25, -0.2) is 4.79 Å². The molecule has 1 amide bonds. The van der Waals surface area contributed by atoms with Crippen LogP contribution in [-0.4, -0.2) is 82.9 Å². The van der Waals surface area contributed by atoms with Gasteiger partial charge in [0.2, 0.25) is 5.91 Å². The van der Waals surface area contributed by atoms with Crippen molar-refractivity contribution in [2.24, 2.45) is 5.73 Å². The second-order valence-corrected chi connectivity index (χ2v) is 7.47. The van der Waals surface area contributed by atoms with E-state index in [1.54, 1.807) is 24.3 Å². The largest absolute Gasteiger partial charge is 0.491 e. The number of nitrogens with one attached hydrogen (secondary N) is 1. The van der Waals surface area contributed by atoms with Gasteiger partial charge in [-0.2, -0.15) is 0 Å². The van der Waals surface area contributed by atoms with Gasteiger partial charge in [0.25, 0.3) is 0 Å². The van der Waals surface area contributed by atoms with Crippen molar-refractivity contribution in [3.05, 3.63) is 29.8 Å². The molecule has 0 aliphatic carbocycles. The first-order valence-electron chi connectivity index (χ1n) is 9.75. The standard InChI is InChI=1S/C20H28N2O9/c1-10(2)22-8-13(9-29-12-5-3-11(4-6-12)7-14(21)23)30-20-17(26)15(24)16(25)18(31-20)19(27)28/h3-6,10,13,16-18,20,22,25-26H,7-9H2,1-2H3,(H2,21,23)(H,27,28). The highest BCUT2D eigenvalue weighted by molar-refractivity contribution is 5.93. The van der Waals surface area contributed by atoms with Crippen LogP contribution in [0.4, 0.5) is 0 Å². The SMILES string of the molecule is CC(C)NCC(COc1ccc(CC(N)=O)cc1)OC1OC(C(=O)O)C(O)C(=O)C1O. The van der Waals surface area contributed by atoms with Gasteiger partial charge < -0.3 is 40.6 Å². The number of carboxylic acid groups (broad SMARTS) is 1. The lowest BCUT2D eigenvalue weighted by Crippen LogP contribution is -2.59. The molecule has 1 aliphatic rings. The van der Waals surface area contributed by atoms with Crippen LogP contribution in [0.25, 0.3) is 0 Å². The molecule has 2 rings (SSSR count). The summed E-state index contributed by atoms with van der Waals surface area (Å²) in [6, 6.07) is 6.77. The van der Waals surface area contributed by atoms with Crippen LogP contribution in [0.5, 0.6) is 5.75 Å². The summed E-state index contributed by atoms with van der Waals surface area (Å²) >= 11 is 0. The van der Waals surface area contributed by atoms with E-state index in [1.165, 1.54) is 0 Å². The van der Waals surface area contributed by atoms with Crippen LogP contribution in [0.15, 0.2) is 24.3 Å². The van der Waals surface area contributed by atoms with E-state index in [0.717, 1.165) is 5.56 Å². The summed E-state index contributed by atoms with van der Waals surface area (Å²) in [5, 5.41) is 32.0. The highest BCUT2D eigenvalue weighted by atomic mass is 16.7. The lowest BCUT2D eigenvalue weighted by Gasteiger charge is -2.35. The summed E-state index contributed by atoms with van der Waals surface area (Å²) in [6.07, 6.45) is -7.90. The fourth-order valence-corrected chi connectivity index (χ4v) is 2.85. The summed E-state index contributed by atoms with van der Waals surface area (Å²) in [4.78, 5) is 34.2. The number of rotatable bonds is 11. The number of ether oxygens (including phenoxy) is 3. The third kappa shape index (κ3) is 7.26. The zero-order valence-electron chi connectivity index (χ0n) is 17.3. The van der Waals surface area contributed by atoms with Crippen LogP contribution in [0.1, 0.15) is 19.4 Å². The number of carbonyl (C=O) groups is 3. The Labute approximate surface area is 179 Å². The molecule has 11 nitrogen and oxygen atoms in total. The molecule has 1 aromatic carbocycles. The average molecular weight is 440 g/mol. The van der Waals surface area contributed by atoms with Crippen molar-refractivity contribution in [1.29, 1.82) is 0 Å². The van der Waals surface area contributed by atoms with E-state index in [-0.39, 0.29) is 25.6 Å². The smallest absolute Gasteiger partial charge is 0.336 e. The van der Waals surface area contributed by atoms with Crippen molar-refractivity contribution in [1.82, 2.24) is 5.32 Å². The molecule has 0 bridgehead atoms. The molecule has 11 heteroatoms. The number of aliphatic hydroxyl groups excluding tert-OH is 2. The minimum absolute atomic E-state index is 0.0179. The van der Waals surface area contributed by atoms with Crippen molar-refractivity contribution in [3.63, 3.8) is 0 Å². The van der Waals surface area contributed by atoms with Crippen LogP contribution in [0.2, 0.25) is 0 Å². The maximum atomic E-state index is 12.0. The summed E-state index contributed by atoms with van der Waals surface area (Å²) in [7, 11) is 0. The predicted molar refractivity (Wildman–Crippen MR) is 106 cm³/mol. The Morgan fingerprint density at radius 1 is 1.19 bits per heavy atom. The van der Waals surface area contributed by atoms with Gasteiger partial charge in [-0.1, -0.05) is 26.0 Å². The van der Waals surface area contributed by atoms with Crippen LogP contribution < -0.4 is 15.8 Å². The van der Waals surface area contributed by atoms with Crippen LogP contribution >= 0.6 is 0 Å². The minimum atomic E-state index is -1.99. The number of hydrogen-bond acceptors (Lipinski definition) is 9. The molecular weight excluding hydrogens is 412 g/mol. The normalized spacial score (nSPS) is 24.7. The van der Waals surface area contributed by atoms with Crippen LogP contribution in [-0.2, 0) is 30.3 Å². The minimum Gasteiger partial charge on any atom is -0.491 e. The van der Waals surface area contributed by atoms with Crippen LogP contribution in [0.3, 0.4) is 0 Å². The molecule has 1 aliphatic heterocycles. The number of carboxylic acids is 1. The Hall–Kier alpha value is -2.57. The number of ketones is 1. The van der Waals surface area contributed by atoms with Crippen molar-refractivity contribution in [2.75, 3.05) is 13.2 Å². The predicted octanol–water partition coefficient (Wildman–Crippen LogP) is -1.42. The number of aliphatic hydroxyl groups is 2. The zero-order chi connectivity index (χ0) is 23.1. The van der Waals surface area contributed by atoms with Crippen molar-refractivity contribution >= 4 is 17.7 Å². The second kappa shape index (κ2) is 11.2. The zero-order valence-corrected chi connectivity index (χ0v) is 17.3. The highest BCUT2D eigenvalue weighted by Gasteiger charge is 2.48. The maximum Gasteiger partial charge on any atom is 0.336 e. The van der Waals surface area contributed by atoms with Crippen molar-refractivity contribution in [3.8, 4) is 5.75 Å². The number of amides is 1. The van der Waals surface area contributed by atoms with Gasteiger partial charge >= 0.3 is 5.97 Å². The van der Waals surface area contributed by atoms with Gasteiger partial charge in [0, 0.05) is 12.6 Å². The van der Waals surface area contributed by atoms with E-state index in [9.17, 15) is 24.6 Å². The molecule has 6 N–H and O–H groups in total. The van der Waals surface area contributed by atoms with E-state index in [2.05, 4.69) is 5.32 Å². The molecule has 1 heterocycles. The topological polar surface area (TPSA) is 178 Å². The molecule has 1 aromatic rings. The number of Topliss-reactive ketones (excluding diaryl/α,β-unsaturated/α-hetero) is 1. The van der Waals surface area contributed by atoms with Gasteiger partial charge in [-0.05, 0) is 17.7 Å². The molecule has 0 radical (unpaired) electrons. The number of aliphatic carboxylic acids is 1. The molecule has 31 heavy (non-hydrogen) atoms. The van der Waals surface area contributed by atoms with Gasteiger partial charge in [0.1, 0.15) is 18.5 Å². The molecule has 172 valence electrons. The molecule has 0 aromatic heterocycles. The summed E-state index contributed by atoms with van der Waals surface area (Å²) in [5.41, 5.74) is 5.89. The number of nitrogens with two attached hydrogens (primary N) is 1. The fourth-order valence-electron chi connectivity index (χ4n) is 2.85. The Bertz CT molecular complexity index is 768. The lowest BCUT2D eigenvalue weighted by molar-refractivity contribution is -0.265. The molecule has 1 fully saturated rings. The first-order valence-corrected chi connectivity index (χ1v) is 9.75. The monoisotopic (exact) mass is 440 g/mol. The Kier molecular flexibility index (Phi) is 8.89. The van der Waals surface area contributed by atoms with Gasteiger partial charge in [-0.15, -0.1) is 0 Å². The molecule has 0 spiro atoms. The van der Waals surface area contributed by atoms with Crippen molar-refractivity contribution < 1.29 is 43.9 Å². The molecule has 5 atom stereocenters. The third-order valence-corrected chi connectivity index (χ3v) is 4.47.